The van der Waals surface area contributed by atoms with Gasteiger partial charge in [-0.3, -0.25) is 9.36 Å². The summed E-state index contributed by atoms with van der Waals surface area (Å²) >= 11 is 4.86. The second-order valence-corrected chi connectivity index (χ2v) is 11.2. The third kappa shape index (κ3) is 6.10. The highest BCUT2D eigenvalue weighted by molar-refractivity contribution is 9.10. The van der Waals surface area contributed by atoms with Crippen molar-refractivity contribution in [3.8, 4) is 11.5 Å². The van der Waals surface area contributed by atoms with Gasteiger partial charge in [-0.05, 0) is 67.8 Å². The average molecular weight is 652 g/mol. The molecule has 0 aliphatic carbocycles. The summed E-state index contributed by atoms with van der Waals surface area (Å²) in [5, 5.41) is 0. The third-order valence-corrected chi connectivity index (χ3v) is 8.26. The first kappa shape index (κ1) is 29.5. The second-order valence-electron chi connectivity index (χ2n) is 9.38. The fourth-order valence-corrected chi connectivity index (χ4v) is 6.14. The maximum absolute atomic E-state index is 13.9. The summed E-state index contributed by atoms with van der Waals surface area (Å²) in [6, 6.07) is 18.4. The van der Waals surface area contributed by atoms with Crippen LogP contribution in [-0.2, 0) is 16.1 Å². The van der Waals surface area contributed by atoms with Crippen LogP contribution >= 0.6 is 27.3 Å². The zero-order valence-electron chi connectivity index (χ0n) is 23.2. The van der Waals surface area contributed by atoms with E-state index in [-0.39, 0.29) is 24.6 Å². The molecule has 1 aliphatic rings. The number of carbonyl (C=O) groups is 1. The first-order chi connectivity index (χ1) is 20.3. The standard InChI is InChI=1S/C32H28BrFN2O5S/c1-4-39-25-15-22(24(33)17-26(25)41-18-20-11-13-23(34)14-12-20)16-27-30(37)36-29(21-9-7-6-8-10-21)28(31(38)40-5-2)19(3)35-32(36)42-27/h6-17,29H,4-5,18H2,1-3H3/b27-16-/t29-/m0/s1. The molecule has 0 radical (unpaired) electrons. The van der Waals surface area contributed by atoms with Crippen molar-refractivity contribution in [2.45, 2.75) is 33.4 Å². The van der Waals surface area contributed by atoms with E-state index in [4.69, 9.17) is 14.2 Å². The van der Waals surface area contributed by atoms with Crippen LogP contribution in [0.4, 0.5) is 4.39 Å². The predicted molar refractivity (Wildman–Crippen MR) is 163 cm³/mol. The number of hydrogen-bond donors (Lipinski definition) is 0. The molecule has 42 heavy (non-hydrogen) atoms. The lowest BCUT2D eigenvalue weighted by molar-refractivity contribution is -0.139. The number of esters is 1. The molecule has 3 aromatic carbocycles. The summed E-state index contributed by atoms with van der Waals surface area (Å²) in [6.07, 6.45) is 1.77. The van der Waals surface area contributed by atoms with Crippen molar-refractivity contribution in [2.24, 2.45) is 4.99 Å². The number of benzene rings is 3. The minimum absolute atomic E-state index is 0.210. The van der Waals surface area contributed by atoms with Gasteiger partial charge in [0, 0.05) is 4.47 Å². The van der Waals surface area contributed by atoms with E-state index in [0.29, 0.717) is 48.7 Å². The van der Waals surface area contributed by atoms with E-state index >= 15 is 0 Å². The lowest BCUT2D eigenvalue weighted by Crippen LogP contribution is -2.39. The van der Waals surface area contributed by atoms with Gasteiger partial charge in [0.25, 0.3) is 5.56 Å². The van der Waals surface area contributed by atoms with Crippen molar-refractivity contribution in [3.05, 3.63) is 125 Å². The first-order valence-electron chi connectivity index (χ1n) is 13.4. The van der Waals surface area contributed by atoms with Crippen molar-refractivity contribution in [3.63, 3.8) is 0 Å². The van der Waals surface area contributed by atoms with Crippen LogP contribution in [0.5, 0.6) is 11.5 Å². The van der Waals surface area contributed by atoms with Gasteiger partial charge in [-0.25, -0.2) is 14.2 Å². The van der Waals surface area contributed by atoms with Crippen molar-refractivity contribution < 1.29 is 23.4 Å². The Morgan fingerprint density at radius 3 is 2.45 bits per heavy atom. The van der Waals surface area contributed by atoms with Gasteiger partial charge in [-0.1, -0.05) is 69.7 Å². The quantitative estimate of drug-likeness (QED) is 0.218. The van der Waals surface area contributed by atoms with E-state index in [1.165, 1.54) is 23.5 Å². The molecule has 1 aromatic heterocycles. The van der Waals surface area contributed by atoms with Crippen LogP contribution < -0.4 is 24.4 Å². The van der Waals surface area contributed by atoms with Gasteiger partial charge in [0.05, 0.1) is 35.1 Å². The molecule has 0 saturated carbocycles. The van der Waals surface area contributed by atoms with Gasteiger partial charge >= 0.3 is 5.97 Å². The third-order valence-electron chi connectivity index (χ3n) is 6.59. The molecular formula is C32H28BrFN2O5S. The van der Waals surface area contributed by atoms with Crippen LogP contribution in [0.25, 0.3) is 6.08 Å². The molecule has 0 spiro atoms. The fraction of sp³-hybridized carbons (Fsp3) is 0.219. The summed E-state index contributed by atoms with van der Waals surface area (Å²) in [5.41, 5.74) is 2.87. The number of fused-ring (bicyclic) bond motifs is 1. The molecule has 1 aliphatic heterocycles. The Morgan fingerprint density at radius 1 is 1.05 bits per heavy atom. The lowest BCUT2D eigenvalue weighted by Gasteiger charge is -2.24. The molecule has 7 nitrogen and oxygen atoms in total. The monoisotopic (exact) mass is 650 g/mol. The fourth-order valence-electron chi connectivity index (χ4n) is 4.67. The Morgan fingerprint density at radius 2 is 1.76 bits per heavy atom. The molecule has 5 rings (SSSR count). The van der Waals surface area contributed by atoms with E-state index in [2.05, 4.69) is 20.9 Å². The van der Waals surface area contributed by atoms with E-state index in [0.717, 1.165) is 11.1 Å². The van der Waals surface area contributed by atoms with Crippen LogP contribution in [0.3, 0.4) is 0 Å². The molecule has 216 valence electrons. The number of hydrogen-bond acceptors (Lipinski definition) is 7. The van der Waals surface area contributed by atoms with Crippen LogP contribution in [0.2, 0.25) is 0 Å². The van der Waals surface area contributed by atoms with Gasteiger partial charge in [-0.2, -0.15) is 0 Å². The van der Waals surface area contributed by atoms with Crippen molar-refractivity contribution in [2.75, 3.05) is 13.2 Å². The Balaban J connectivity index is 1.57. The summed E-state index contributed by atoms with van der Waals surface area (Å²) < 4.78 is 33.2. The molecule has 4 aromatic rings. The molecule has 0 saturated heterocycles. The van der Waals surface area contributed by atoms with Crippen LogP contribution in [-0.4, -0.2) is 23.8 Å². The minimum atomic E-state index is -0.673. The summed E-state index contributed by atoms with van der Waals surface area (Å²) in [4.78, 5) is 32.1. The summed E-state index contributed by atoms with van der Waals surface area (Å²) in [6.45, 7) is 6.22. The zero-order valence-corrected chi connectivity index (χ0v) is 25.6. The highest BCUT2D eigenvalue weighted by atomic mass is 79.9. The normalized spacial score (nSPS) is 14.8. The van der Waals surface area contributed by atoms with Gasteiger partial charge in [0.1, 0.15) is 12.4 Å². The number of aromatic nitrogens is 1. The molecule has 0 amide bonds. The van der Waals surface area contributed by atoms with Crippen molar-refractivity contribution >= 4 is 39.3 Å². The van der Waals surface area contributed by atoms with E-state index in [1.807, 2.05) is 37.3 Å². The maximum atomic E-state index is 13.9. The van der Waals surface area contributed by atoms with Gasteiger partial charge in [-0.15, -0.1) is 0 Å². The molecule has 1 atom stereocenters. The minimum Gasteiger partial charge on any atom is -0.490 e. The second kappa shape index (κ2) is 12.9. The molecule has 0 unspecified atom stereocenters. The van der Waals surface area contributed by atoms with Crippen LogP contribution in [0.1, 0.15) is 43.5 Å². The largest absolute Gasteiger partial charge is 0.490 e. The predicted octanol–water partition coefficient (Wildman–Crippen LogP) is 5.68. The Kier molecular flexibility index (Phi) is 9.03. The topological polar surface area (TPSA) is 79.1 Å². The summed E-state index contributed by atoms with van der Waals surface area (Å²) in [5.74, 6) is 0.200. The smallest absolute Gasteiger partial charge is 0.338 e. The van der Waals surface area contributed by atoms with Crippen LogP contribution in [0, 0.1) is 5.82 Å². The molecular weight excluding hydrogens is 623 g/mol. The number of allylic oxidation sites excluding steroid dienone is 1. The van der Waals surface area contributed by atoms with Crippen LogP contribution in [0.15, 0.2) is 92.3 Å². The highest BCUT2D eigenvalue weighted by Crippen LogP contribution is 2.35. The number of thiazole rings is 1. The molecule has 10 heteroatoms. The van der Waals surface area contributed by atoms with E-state index < -0.39 is 12.0 Å². The highest BCUT2D eigenvalue weighted by Gasteiger charge is 2.33. The number of rotatable bonds is 9. The average Bonchev–Trinajstić information content (AvgIpc) is 3.28. The van der Waals surface area contributed by atoms with E-state index in [9.17, 15) is 14.0 Å². The molecule has 2 heterocycles. The molecule has 0 fully saturated rings. The van der Waals surface area contributed by atoms with Gasteiger partial charge in [0.2, 0.25) is 0 Å². The maximum Gasteiger partial charge on any atom is 0.338 e. The lowest BCUT2D eigenvalue weighted by atomic mass is 9.96. The van der Waals surface area contributed by atoms with Gasteiger partial charge < -0.3 is 14.2 Å². The SMILES string of the molecule is CCOC(=O)C1=C(C)N=c2s/c(=C\c3cc(OCC)c(OCc4ccc(F)cc4)cc3Br)c(=O)n2[C@H]1c1ccccc1. The van der Waals surface area contributed by atoms with Crippen molar-refractivity contribution in [1.82, 2.24) is 4.57 Å². The number of ether oxygens (including phenoxy) is 3. The van der Waals surface area contributed by atoms with E-state index in [1.54, 1.807) is 48.8 Å². The Labute approximate surface area is 254 Å². The number of nitrogens with zero attached hydrogens (tertiary/aromatic N) is 2. The zero-order chi connectivity index (χ0) is 29.8. The Bertz CT molecular complexity index is 1830. The number of carbonyl (C=O) groups excluding carboxylic acids is 1. The van der Waals surface area contributed by atoms with Gasteiger partial charge in [0.15, 0.2) is 16.3 Å². The first-order valence-corrected chi connectivity index (χ1v) is 15.0. The summed E-state index contributed by atoms with van der Waals surface area (Å²) in [7, 11) is 0. The molecule has 0 N–H and O–H groups in total. The Hall–Kier alpha value is -4.02. The number of halogens is 2. The van der Waals surface area contributed by atoms with Crippen molar-refractivity contribution in [1.29, 1.82) is 0 Å². The molecule has 0 bridgehead atoms.